The number of likely N-dealkylation sites (tertiary alicyclic amines) is 1. The lowest BCUT2D eigenvalue weighted by Crippen LogP contribution is -2.47. The van der Waals surface area contributed by atoms with Crippen LogP contribution in [0.2, 0.25) is 5.02 Å². The summed E-state index contributed by atoms with van der Waals surface area (Å²) in [6, 6.07) is 15.6. The minimum absolute atomic E-state index is 0.0788. The van der Waals surface area contributed by atoms with Crippen LogP contribution in [0.5, 0.6) is 0 Å². The van der Waals surface area contributed by atoms with Gasteiger partial charge in [0.1, 0.15) is 0 Å². The van der Waals surface area contributed by atoms with Crippen LogP contribution in [0.4, 0.5) is 10.5 Å². The minimum atomic E-state index is -0.176. The molecule has 0 spiro atoms. The number of rotatable bonds is 5. The van der Waals surface area contributed by atoms with Crippen molar-refractivity contribution in [3.8, 4) is 0 Å². The number of amides is 2. The first kappa shape index (κ1) is 20.1. The van der Waals surface area contributed by atoms with Gasteiger partial charge in [0.2, 0.25) is 0 Å². The van der Waals surface area contributed by atoms with Crippen LogP contribution in [-0.4, -0.2) is 42.0 Å². The highest BCUT2D eigenvalue weighted by Crippen LogP contribution is 2.35. The Balaban J connectivity index is 1.57. The second-order valence-electron chi connectivity index (χ2n) is 7.11. The number of carbonyl (C=O) groups is 1. The van der Waals surface area contributed by atoms with Crippen LogP contribution in [0.25, 0.3) is 0 Å². The molecule has 2 N–H and O–H groups in total. The number of halogens is 1. The molecule has 3 rings (SSSR count). The Labute approximate surface area is 169 Å². The molecule has 0 saturated carbocycles. The Bertz CT molecular complexity index is 757. The van der Waals surface area contributed by atoms with Crippen LogP contribution in [0.15, 0.2) is 53.4 Å². The van der Waals surface area contributed by atoms with Gasteiger partial charge < -0.3 is 15.3 Å². The predicted octanol–water partition coefficient (Wildman–Crippen LogP) is 4.91. The molecule has 144 valence electrons. The summed E-state index contributed by atoms with van der Waals surface area (Å²) in [5, 5.41) is 13.7. The summed E-state index contributed by atoms with van der Waals surface area (Å²) in [4.78, 5) is 15.5. The van der Waals surface area contributed by atoms with Crippen LogP contribution < -0.4 is 5.32 Å². The molecule has 0 aliphatic carbocycles. The normalized spacial score (nSPS) is 16.2. The van der Waals surface area contributed by atoms with E-state index in [-0.39, 0.29) is 18.1 Å². The molecule has 2 amide bonds. The van der Waals surface area contributed by atoms with Gasteiger partial charge >= 0.3 is 6.03 Å². The lowest BCUT2D eigenvalue weighted by molar-refractivity contribution is 0.0575. The van der Waals surface area contributed by atoms with Crippen LogP contribution >= 0.6 is 23.4 Å². The van der Waals surface area contributed by atoms with Crippen molar-refractivity contribution in [2.24, 2.45) is 5.41 Å². The van der Waals surface area contributed by atoms with Crippen LogP contribution in [0, 0.1) is 5.41 Å². The number of nitrogens with one attached hydrogen (secondary N) is 1. The molecule has 6 heteroatoms. The van der Waals surface area contributed by atoms with E-state index in [2.05, 4.69) is 5.32 Å². The Kier molecular flexibility index (Phi) is 6.68. The third kappa shape index (κ3) is 5.18. The zero-order chi connectivity index (χ0) is 19.3. The van der Waals surface area contributed by atoms with E-state index in [4.69, 9.17) is 11.6 Å². The number of urea groups is 1. The van der Waals surface area contributed by atoms with E-state index in [9.17, 15) is 9.90 Å². The highest BCUT2D eigenvalue weighted by atomic mass is 35.5. The number of hydrogen-bond donors (Lipinski definition) is 2. The molecule has 27 heavy (non-hydrogen) atoms. The first-order valence-electron chi connectivity index (χ1n) is 9.09. The van der Waals surface area contributed by atoms with Crippen LogP contribution in [0.1, 0.15) is 18.4 Å². The maximum absolute atomic E-state index is 12.5. The van der Waals surface area contributed by atoms with Crippen molar-refractivity contribution < 1.29 is 9.90 Å². The molecular weight excluding hydrogens is 380 g/mol. The van der Waals surface area contributed by atoms with Gasteiger partial charge in [-0.15, -0.1) is 11.8 Å². The molecule has 0 unspecified atom stereocenters. The number of nitrogens with zero attached hydrogens (tertiary/aromatic N) is 1. The summed E-state index contributed by atoms with van der Waals surface area (Å²) in [6.07, 6.45) is 4.39. The zero-order valence-corrected chi connectivity index (χ0v) is 17.0. The number of anilines is 1. The third-order valence-corrected chi connectivity index (χ3v) is 6.28. The number of aliphatic hydroxyl groups excluding tert-OH is 1. The molecule has 4 nitrogen and oxygen atoms in total. The second kappa shape index (κ2) is 9.00. The summed E-state index contributed by atoms with van der Waals surface area (Å²) in [7, 11) is 0. The van der Waals surface area contributed by atoms with Crippen LogP contribution in [-0.2, 0) is 6.42 Å². The summed E-state index contributed by atoms with van der Waals surface area (Å²) in [5.74, 6) is 0. The van der Waals surface area contributed by atoms with E-state index < -0.39 is 0 Å². The van der Waals surface area contributed by atoms with E-state index in [1.807, 2.05) is 59.7 Å². The molecule has 1 aliphatic rings. The first-order chi connectivity index (χ1) is 13.0. The molecule has 0 aromatic heterocycles. The van der Waals surface area contributed by atoms with Gasteiger partial charge in [0.15, 0.2) is 0 Å². The van der Waals surface area contributed by atoms with Crippen molar-refractivity contribution in [3.63, 3.8) is 0 Å². The maximum atomic E-state index is 12.5. The van der Waals surface area contributed by atoms with Crippen molar-refractivity contribution in [1.82, 2.24) is 4.90 Å². The van der Waals surface area contributed by atoms with Gasteiger partial charge in [-0.05, 0) is 67.5 Å². The first-order valence-corrected chi connectivity index (χ1v) is 10.7. The molecule has 0 radical (unpaired) electrons. The lowest BCUT2D eigenvalue weighted by Gasteiger charge is -2.40. The zero-order valence-electron chi connectivity index (χ0n) is 15.5. The standard InChI is InChI=1S/C21H25ClN2O2S/c1-27-19-8-6-18(7-9-19)23-20(26)24-12-10-21(15-25,11-13-24)14-16-2-4-17(22)5-3-16/h2-9,25H,10-15H2,1H3,(H,23,26). The lowest BCUT2D eigenvalue weighted by atomic mass is 9.74. The van der Waals surface area contributed by atoms with Gasteiger partial charge in [0.25, 0.3) is 0 Å². The van der Waals surface area contributed by atoms with E-state index in [0.717, 1.165) is 24.9 Å². The monoisotopic (exact) mass is 404 g/mol. The number of piperidine rings is 1. The minimum Gasteiger partial charge on any atom is -0.396 e. The third-order valence-electron chi connectivity index (χ3n) is 5.28. The molecule has 2 aromatic carbocycles. The number of carbonyl (C=O) groups excluding carboxylic acids is 1. The Hall–Kier alpha value is -1.69. The average Bonchev–Trinajstić information content (AvgIpc) is 2.71. The fourth-order valence-electron chi connectivity index (χ4n) is 3.49. The number of benzene rings is 2. The fourth-order valence-corrected chi connectivity index (χ4v) is 4.02. The Morgan fingerprint density at radius 1 is 1.15 bits per heavy atom. The summed E-state index contributed by atoms with van der Waals surface area (Å²) in [6.45, 7) is 1.41. The largest absolute Gasteiger partial charge is 0.396 e. The predicted molar refractivity (Wildman–Crippen MR) is 113 cm³/mol. The second-order valence-corrected chi connectivity index (χ2v) is 8.42. The van der Waals surface area contributed by atoms with Gasteiger partial charge in [-0.25, -0.2) is 4.79 Å². The molecule has 0 bridgehead atoms. The van der Waals surface area contributed by atoms with Gasteiger partial charge in [0.05, 0.1) is 0 Å². The average molecular weight is 405 g/mol. The molecule has 1 heterocycles. The SMILES string of the molecule is CSc1ccc(NC(=O)N2CCC(CO)(Cc3ccc(Cl)cc3)CC2)cc1. The van der Waals surface area contributed by atoms with Crippen molar-refractivity contribution >= 4 is 35.1 Å². The van der Waals surface area contributed by atoms with Crippen molar-refractivity contribution in [1.29, 1.82) is 0 Å². The molecule has 1 aliphatic heterocycles. The van der Waals surface area contributed by atoms with E-state index in [1.165, 1.54) is 10.5 Å². The van der Waals surface area contributed by atoms with Gasteiger partial charge in [-0.3, -0.25) is 0 Å². The van der Waals surface area contributed by atoms with E-state index in [0.29, 0.717) is 18.1 Å². The molecule has 0 atom stereocenters. The topological polar surface area (TPSA) is 52.6 Å². The fraction of sp³-hybridized carbons (Fsp3) is 0.381. The Morgan fingerprint density at radius 3 is 2.33 bits per heavy atom. The molecule has 1 fully saturated rings. The highest BCUT2D eigenvalue weighted by Gasteiger charge is 2.35. The van der Waals surface area contributed by atoms with Gasteiger partial charge in [0, 0.05) is 40.7 Å². The van der Waals surface area contributed by atoms with Crippen molar-refractivity contribution in [3.05, 3.63) is 59.1 Å². The van der Waals surface area contributed by atoms with E-state index >= 15 is 0 Å². The summed E-state index contributed by atoms with van der Waals surface area (Å²) < 4.78 is 0. The number of thioether (sulfide) groups is 1. The smallest absolute Gasteiger partial charge is 0.321 e. The molecule has 2 aromatic rings. The Morgan fingerprint density at radius 2 is 1.78 bits per heavy atom. The van der Waals surface area contributed by atoms with Crippen LogP contribution in [0.3, 0.4) is 0 Å². The number of aliphatic hydroxyl groups is 1. The van der Waals surface area contributed by atoms with Crippen molar-refractivity contribution in [2.75, 3.05) is 31.3 Å². The summed E-state index contributed by atoms with van der Waals surface area (Å²) >= 11 is 7.63. The van der Waals surface area contributed by atoms with E-state index in [1.54, 1.807) is 11.8 Å². The number of hydrogen-bond acceptors (Lipinski definition) is 3. The van der Waals surface area contributed by atoms with Gasteiger partial charge in [-0.2, -0.15) is 0 Å². The van der Waals surface area contributed by atoms with Crippen molar-refractivity contribution in [2.45, 2.75) is 24.2 Å². The van der Waals surface area contributed by atoms with Gasteiger partial charge in [-0.1, -0.05) is 23.7 Å². The highest BCUT2D eigenvalue weighted by molar-refractivity contribution is 7.98. The molecular formula is C21H25ClN2O2S. The molecule has 1 saturated heterocycles. The quantitative estimate of drug-likeness (QED) is 0.696. The summed E-state index contributed by atoms with van der Waals surface area (Å²) in [5.41, 5.74) is 1.79. The maximum Gasteiger partial charge on any atom is 0.321 e.